The van der Waals surface area contributed by atoms with Crippen molar-refractivity contribution in [2.75, 3.05) is 0 Å². The predicted octanol–water partition coefficient (Wildman–Crippen LogP) is -0.839. The van der Waals surface area contributed by atoms with Crippen LogP contribution in [0.3, 0.4) is 0 Å². The van der Waals surface area contributed by atoms with Crippen LogP contribution in [0.15, 0.2) is 9.59 Å². The Hall–Kier alpha value is -2.09. The fourth-order valence-corrected chi connectivity index (χ4v) is 1.67. The van der Waals surface area contributed by atoms with Crippen molar-refractivity contribution in [1.82, 2.24) is 19.1 Å². The van der Waals surface area contributed by atoms with Crippen molar-refractivity contribution in [2.45, 2.75) is 6.54 Å². The van der Waals surface area contributed by atoms with Crippen LogP contribution in [-0.2, 0) is 18.4 Å². The van der Waals surface area contributed by atoms with Gasteiger partial charge in [0.15, 0.2) is 11.2 Å². The molecular weight excluding hydrogens is 252 g/mol. The number of fused-ring (bicyclic) bond motifs is 1. The van der Waals surface area contributed by atoms with Gasteiger partial charge in [-0.15, -0.1) is 0 Å². The lowest BCUT2D eigenvalue weighted by Gasteiger charge is -2.04. The van der Waals surface area contributed by atoms with E-state index in [4.69, 9.17) is 16.7 Å². The minimum absolute atomic E-state index is 0.00153. The summed E-state index contributed by atoms with van der Waals surface area (Å²) in [6.45, 7) is -0.710. The number of carbonyl (C=O) groups is 1. The van der Waals surface area contributed by atoms with Crippen LogP contribution in [0.1, 0.15) is 0 Å². The summed E-state index contributed by atoms with van der Waals surface area (Å²) >= 11 is 5.59. The lowest BCUT2D eigenvalue weighted by molar-refractivity contribution is -0.137. The van der Waals surface area contributed by atoms with Gasteiger partial charge in [0.2, 0.25) is 5.28 Å². The van der Waals surface area contributed by atoms with E-state index in [1.807, 2.05) is 0 Å². The van der Waals surface area contributed by atoms with Crippen LogP contribution in [0.4, 0.5) is 0 Å². The van der Waals surface area contributed by atoms with Crippen molar-refractivity contribution in [3.63, 3.8) is 0 Å². The maximum absolute atomic E-state index is 11.8. The summed E-state index contributed by atoms with van der Waals surface area (Å²) in [4.78, 5) is 40.3. The van der Waals surface area contributed by atoms with Gasteiger partial charge in [-0.05, 0) is 11.6 Å². The number of imidazole rings is 1. The molecule has 0 spiro atoms. The number of nitrogens with zero attached hydrogens (tertiary/aromatic N) is 3. The molecule has 0 aliphatic rings. The molecule has 0 saturated carbocycles. The average Bonchev–Trinajstić information content (AvgIpc) is 2.63. The van der Waals surface area contributed by atoms with Crippen LogP contribution in [-0.4, -0.2) is 30.2 Å². The fourth-order valence-electron chi connectivity index (χ4n) is 1.50. The van der Waals surface area contributed by atoms with Crippen LogP contribution in [0, 0.1) is 0 Å². The van der Waals surface area contributed by atoms with E-state index < -0.39 is 23.8 Å². The number of aromatic amines is 1. The van der Waals surface area contributed by atoms with Crippen LogP contribution >= 0.6 is 11.6 Å². The van der Waals surface area contributed by atoms with Gasteiger partial charge in [0, 0.05) is 7.05 Å². The quantitative estimate of drug-likeness (QED) is 0.683. The van der Waals surface area contributed by atoms with Gasteiger partial charge in [-0.3, -0.25) is 14.2 Å². The Kier molecular flexibility index (Phi) is 2.50. The zero-order valence-corrected chi connectivity index (χ0v) is 9.35. The number of aliphatic carboxylic acids is 1. The van der Waals surface area contributed by atoms with Crippen molar-refractivity contribution < 1.29 is 9.90 Å². The van der Waals surface area contributed by atoms with E-state index in [1.54, 1.807) is 0 Å². The number of nitrogens with one attached hydrogen (secondary N) is 1. The van der Waals surface area contributed by atoms with Gasteiger partial charge in [-0.25, -0.2) is 9.36 Å². The highest BCUT2D eigenvalue weighted by Crippen LogP contribution is 2.07. The zero-order chi connectivity index (χ0) is 12.7. The molecule has 0 saturated heterocycles. The van der Waals surface area contributed by atoms with Crippen LogP contribution in [0.5, 0.6) is 0 Å². The molecule has 0 amide bonds. The third-order valence-corrected chi connectivity index (χ3v) is 2.42. The van der Waals surface area contributed by atoms with Crippen molar-refractivity contribution in [1.29, 1.82) is 0 Å². The van der Waals surface area contributed by atoms with Gasteiger partial charge >= 0.3 is 11.7 Å². The Balaban J connectivity index is 2.91. The van der Waals surface area contributed by atoms with Crippen molar-refractivity contribution in [3.05, 3.63) is 26.1 Å². The van der Waals surface area contributed by atoms with E-state index in [0.717, 1.165) is 4.57 Å². The molecule has 0 radical (unpaired) electrons. The molecule has 8 nitrogen and oxygen atoms in total. The molecular formula is C8H7ClN4O4. The average molecular weight is 259 g/mol. The number of carboxylic acids is 1. The normalized spacial score (nSPS) is 10.9. The Bertz CT molecular complexity index is 725. The Morgan fingerprint density at radius 2 is 2.18 bits per heavy atom. The number of hydrogen-bond acceptors (Lipinski definition) is 4. The summed E-state index contributed by atoms with van der Waals surface area (Å²) in [6, 6.07) is 0. The van der Waals surface area contributed by atoms with Gasteiger partial charge in [0.25, 0.3) is 5.56 Å². The van der Waals surface area contributed by atoms with Crippen LogP contribution < -0.4 is 11.2 Å². The Morgan fingerprint density at radius 1 is 1.53 bits per heavy atom. The second-order valence-corrected chi connectivity index (χ2v) is 3.71. The van der Waals surface area contributed by atoms with E-state index >= 15 is 0 Å². The first-order valence-electron chi connectivity index (χ1n) is 4.48. The number of aromatic nitrogens is 4. The summed E-state index contributed by atoms with van der Waals surface area (Å²) in [5, 5.41) is 8.58. The minimum Gasteiger partial charge on any atom is -0.480 e. The first-order valence-corrected chi connectivity index (χ1v) is 4.86. The van der Waals surface area contributed by atoms with Gasteiger partial charge < -0.3 is 10.1 Å². The lowest BCUT2D eigenvalue weighted by Crippen LogP contribution is -2.40. The lowest BCUT2D eigenvalue weighted by atomic mass is 10.5. The highest BCUT2D eigenvalue weighted by Gasteiger charge is 2.16. The second kappa shape index (κ2) is 3.74. The number of rotatable bonds is 2. The molecule has 2 heterocycles. The number of H-pyrrole nitrogens is 1. The van der Waals surface area contributed by atoms with E-state index in [-0.39, 0.29) is 16.4 Å². The topological polar surface area (TPSA) is 110 Å². The Morgan fingerprint density at radius 3 is 2.76 bits per heavy atom. The highest BCUT2D eigenvalue weighted by atomic mass is 35.5. The SMILES string of the molecule is Cn1c(=O)n(CC(=O)O)c(=O)c2[nH]c(Cl)nc21. The molecule has 0 atom stereocenters. The predicted molar refractivity (Wildman–Crippen MR) is 58.2 cm³/mol. The summed E-state index contributed by atoms with van der Waals surface area (Å²) in [7, 11) is 1.37. The largest absolute Gasteiger partial charge is 0.480 e. The van der Waals surface area contributed by atoms with Crippen molar-refractivity contribution >= 4 is 28.7 Å². The number of halogens is 1. The highest BCUT2D eigenvalue weighted by molar-refractivity contribution is 6.28. The number of carboxylic acid groups (broad SMARTS) is 1. The summed E-state index contributed by atoms with van der Waals surface area (Å²) < 4.78 is 1.65. The third-order valence-electron chi connectivity index (χ3n) is 2.24. The van der Waals surface area contributed by atoms with E-state index in [9.17, 15) is 14.4 Å². The molecule has 90 valence electrons. The summed E-state index contributed by atoms with van der Waals surface area (Å²) in [5.41, 5.74) is -1.43. The van der Waals surface area contributed by atoms with E-state index in [2.05, 4.69) is 9.97 Å². The fraction of sp³-hybridized carbons (Fsp3) is 0.250. The molecule has 2 N–H and O–H groups in total. The second-order valence-electron chi connectivity index (χ2n) is 3.35. The molecule has 0 fully saturated rings. The standard InChI is InChI=1S/C8H7ClN4O4/c1-12-5-4(10-7(9)11-5)6(16)13(8(12)17)2-3(14)15/h2H2,1H3,(H,10,11)(H,14,15). The molecule has 2 rings (SSSR count). The number of aryl methyl sites for hydroxylation is 1. The maximum atomic E-state index is 11.8. The van der Waals surface area contributed by atoms with Gasteiger partial charge in [-0.2, -0.15) is 4.98 Å². The van der Waals surface area contributed by atoms with Crippen LogP contribution in [0.25, 0.3) is 11.2 Å². The zero-order valence-electron chi connectivity index (χ0n) is 8.60. The Labute approximate surface area is 98.1 Å². The van der Waals surface area contributed by atoms with Crippen molar-refractivity contribution in [3.8, 4) is 0 Å². The summed E-state index contributed by atoms with van der Waals surface area (Å²) in [6.07, 6.45) is 0. The molecule has 0 aromatic carbocycles. The first-order chi connectivity index (χ1) is 7.91. The monoisotopic (exact) mass is 258 g/mol. The molecule has 0 aliphatic carbocycles. The third kappa shape index (κ3) is 1.72. The maximum Gasteiger partial charge on any atom is 0.333 e. The molecule has 9 heteroatoms. The molecule has 17 heavy (non-hydrogen) atoms. The first kappa shape index (κ1) is 11.4. The van der Waals surface area contributed by atoms with E-state index in [1.165, 1.54) is 7.05 Å². The number of hydrogen-bond donors (Lipinski definition) is 2. The van der Waals surface area contributed by atoms with Gasteiger partial charge in [0.05, 0.1) is 0 Å². The molecule has 0 unspecified atom stereocenters. The minimum atomic E-state index is -1.28. The van der Waals surface area contributed by atoms with E-state index in [0.29, 0.717) is 4.57 Å². The molecule has 2 aromatic heterocycles. The van der Waals surface area contributed by atoms with Crippen molar-refractivity contribution in [2.24, 2.45) is 7.05 Å². The van der Waals surface area contributed by atoms with Crippen LogP contribution in [0.2, 0.25) is 5.28 Å². The van der Waals surface area contributed by atoms with Gasteiger partial charge in [-0.1, -0.05) is 0 Å². The smallest absolute Gasteiger partial charge is 0.333 e. The summed E-state index contributed by atoms with van der Waals surface area (Å²) in [5.74, 6) is -1.28. The van der Waals surface area contributed by atoms with Gasteiger partial charge in [0.1, 0.15) is 6.54 Å². The molecule has 0 aliphatic heterocycles. The molecule has 0 bridgehead atoms. The molecule has 2 aromatic rings.